The van der Waals surface area contributed by atoms with E-state index in [-0.39, 0.29) is 0 Å². The van der Waals surface area contributed by atoms with Gasteiger partial charge in [0.2, 0.25) is 0 Å². The van der Waals surface area contributed by atoms with Crippen molar-refractivity contribution in [3.8, 4) is 0 Å². The van der Waals surface area contributed by atoms with Crippen LogP contribution < -0.4 is 0 Å². The van der Waals surface area contributed by atoms with Gasteiger partial charge < -0.3 is 0 Å². The molecule has 0 aromatic rings. The van der Waals surface area contributed by atoms with Crippen molar-refractivity contribution in [2.24, 2.45) is 17.3 Å². The summed E-state index contributed by atoms with van der Waals surface area (Å²) in [5.41, 5.74) is 0.722. The van der Waals surface area contributed by atoms with Crippen LogP contribution in [0.15, 0.2) is 0 Å². The maximum Gasteiger partial charge on any atom is 0.136 e. The number of Topliss-reactive ketones (excluding diaryl/α,β-unsaturated/α-hetero) is 1. The lowest BCUT2D eigenvalue weighted by atomic mass is 9.63. The van der Waals surface area contributed by atoms with E-state index < -0.39 is 0 Å². The van der Waals surface area contributed by atoms with Crippen molar-refractivity contribution in [2.45, 2.75) is 84.5 Å². The maximum atomic E-state index is 11.7. The molecule has 104 valence electrons. The Labute approximate surface area is 113 Å². The minimum Gasteiger partial charge on any atom is -0.299 e. The zero-order chi connectivity index (χ0) is 13.0. The largest absolute Gasteiger partial charge is 0.299 e. The molecule has 0 radical (unpaired) electrons. The third kappa shape index (κ3) is 3.16. The van der Waals surface area contributed by atoms with Crippen LogP contribution in [0.4, 0.5) is 0 Å². The number of hydrogen-bond donors (Lipinski definition) is 0. The molecule has 0 bridgehead atoms. The summed E-state index contributed by atoms with van der Waals surface area (Å²) in [6.07, 6.45) is 14.4. The molecule has 0 aromatic heterocycles. The summed E-state index contributed by atoms with van der Waals surface area (Å²) in [5.74, 6) is 1.62. The highest BCUT2D eigenvalue weighted by Crippen LogP contribution is 2.48. The first-order valence-electron chi connectivity index (χ1n) is 8.19. The summed E-state index contributed by atoms with van der Waals surface area (Å²) < 4.78 is 0. The number of carbonyl (C=O) groups excluding carboxylic acids is 1. The molecule has 18 heavy (non-hydrogen) atoms. The van der Waals surface area contributed by atoms with Crippen molar-refractivity contribution in [2.75, 3.05) is 0 Å². The zero-order valence-corrected chi connectivity index (χ0v) is 12.3. The lowest BCUT2D eigenvalue weighted by Gasteiger charge is -2.42. The van der Waals surface area contributed by atoms with Gasteiger partial charge in [0.15, 0.2) is 0 Å². The van der Waals surface area contributed by atoms with E-state index in [4.69, 9.17) is 0 Å². The summed E-state index contributed by atoms with van der Waals surface area (Å²) in [6, 6.07) is 0. The van der Waals surface area contributed by atoms with Gasteiger partial charge in [0.1, 0.15) is 5.78 Å². The Kier molecular flexibility index (Phi) is 4.86. The fraction of sp³-hybridized carbons (Fsp3) is 0.941. The van der Waals surface area contributed by atoms with E-state index in [9.17, 15) is 4.79 Å². The number of ketones is 1. The quantitative estimate of drug-likeness (QED) is 0.572. The summed E-state index contributed by atoms with van der Waals surface area (Å²) >= 11 is 0. The molecule has 1 unspecified atom stereocenters. The molecule has 0 aromatic carbocycles. The van der Waals surface area contributed by atoms with Crippen LogP contribution in [0.25, 0.3) is 0 Å². The van der Waals surface area contributed by atoms with E-state index in [0.29, 0.717) is 17.6 Å². The lowest BCUT2D eigenvalue weighted by molar-refractivity contribution is -0.121. The molecule has 2 fully saturated rings. The van der Waals surface area contributed by atoms with Gasteiger partial charge >= 0.3 is 0 Å². The Morgan fingerprint density at radius 1 is 1.22 bits per heavy atom. The summed E-state index contributed by atoms with van der Waals surface area (Å²) in [4.78, 5) is 11.7. The molecule has 2 aliphatic rings. The minimum atomic E-state index is 0.411. The molecule has 0 amide bonds. The van der Waals surface area contributed by atoms with Gasteiger partial charge in [-0.3, -0.25) is 4.79 Å². The van der Waals surface area contributed by atoms with Crippen molar-refractivity contribution < 1.29 is 4.79 Å². The highest BCUT2D eigenvalue weighted by atomic mass is 16.1. The monoisotopic (exact) mass is 250 g/mol. The Bertz CT molecular complexity index is 277. The molecule has 0 saturated heterocycles. The van der Waals surface area contributed by atoms with Gasteiger partial charge in [-0.2, -0.15) is 0 Å². The molecule has 1 nitrogen and oxygen atoms in total. The van der Waals surface area contributed by atoms with Crippen LogP contribution in [-0.4, -0.2) is 5.78 Å². The summed E-state index contributed by atoms with van der Waals surface area (Å²) in [5, 5.41) is 0. The first-order chi connectivity index (χ1) is 8.67. The topological polar surface area (TPSA) is 17.1 Å². The van der Waals surface area contributed by atoms with Gasteiger partial charge in [-0.15, -0.1) is 0 Å². The third-order valence-corrected chi connectivity index (χ3v) is 5.61. The van der Waals surface area contributed by atoms with Crippen LogP contribution >= 0.6 is 0 Å². The fourth-order valence-corrected chi connectivity index (χ4v) is 4.22. The molecule has 0 N–H and O–H groups in total. The van der Waals surface area contributed by atoms with Crippen LogP contribution in [0.3, 0.4) is 0 Å². The first kappa shape index (κ1) is 14.1. The number of rotatable bonds is 7. The SMILES string of the molecule is CCCC1(CCCCC2C(=O)CC[C@@H]2C)CCC1. The van der Waals surface area contributed by atoms with Crippen LogP contribution in [0.1, 0.15) is 84.5 Å². The van der Waals surface area contributed by atoms with E-state index in [1.54, 1.807) is 0 Å². The number of hydrogen-bond acceptors (Lipinski definition) is 1. The van der Waals surface area contributed by atoms with Crippen molar-refractivity contribution >= 4 is 5.78 Å². The Hall–Kier alpha value is -0.330. The van der Waals surface area contributed by atoms with E-state index in [0.717, 1.165) is 18.3 Å². The molecule has 2 rings (SSSR count). The number of unbranched alkanes of at least 4 members (excludes halogenated alkanes) is 1. The smallest absolute Gasteiger partial charge is 0.136 e. The van der Waals surface area contributed by atoms with Crippen molar-refractivity contribution in [1.82, 2.24) is 0 Å². The summed E-state index contributed by atoms with van der Waals surface area (Å²) in [7, 11) is 0. The first-order valence-corrected chi connectivity index (χ1v) is 8.19. The van der Waals surface area contributed by atoms with Gasteiger partial charge in [0.05, 0.1) is 0 Å². The molecule has 0 aliphatic heterocycles. The number of carbonyl (C=O) groups is 1. The second kappa shape index (κ2) is 6.21. The van der Waals surface area contributed by atoms with E-state index in [1.165, 1.54) is 57.8 Å². The van der Waals surface area contributed by atoms with Crippen LogP contribution in [0.5, 0.6) is 0 Å². The Morgan fingerprint density at radius 3 is 2.50 bits per heavy atom. The molecular formula is C17H30O. The second-order valence-corrected chi connectivity index (χ2v) is 6.94. The third-order valence-electron chi connectivity index (χ3n) is 5.61. The minimum absolute atomic E-state index is 0.411. The Balaban J connectivity index is 1.65. The van der Waals surface area contributed by atoms with E-state index in [2.05, 4.69) is 13.8 Å². The fourth-order valence-electron chi connectivity index (χ4n) is 4.22. The van der Waals surface area contributed by atoms with Gasteiger partial charge in [0.25, 0.3) is 0 Å². The summed E-state index contributed by atoms with van der Waals surface area (Å²) in [6.45, 7) is 4.58. The van der Waals surface area contributed by atoms with Crippen molar-refractivity contribution in [1.29, 1.82) is 0 Å². The maximum absolute atomic E-state index is 11.7. The lowest BCUT2D eigenvalue weighted by Crippen LogP contribution is -2.29. The normalized spacial score (nSPS) is 30.4. The van der Waals surface area contributed by atoms with Gasteiger partial charge in [-0.25, -0.2) is 0 Å². The van der Waals surface area contributed by atoms with Gasteiger partial charge in [0, 0.05) is 12.3 Å². The van der Waals surface area contributed by atoms with E-state index in [1.807, 2.05) is 0 Å². The van der Waals surface area contributed by atoms with Crippen LogP contribution in [-0.2, 0) is 4.79 Å². The average Bonchev–Trinajstić information content (AvgIpc) is 2.62. The zero-order valence-electron chi connectivity index (χ0n) is 12.3. The van der Waals surface area contributed by atoms with Crippen molar-refractivity contribution in [3.63, 3.8) is 0 Å². The second-order valence-electron chi connectivity index (χ2n) is 6.94. The Morgan fingerprint density at radius 2 is 2.00 bits per heavy atom. The molecule has 0 spiro atoms. The van der Waals surface area contributed by atoms with Crippen LogP contribution in [0, 0.1) is 17.3 Å². The molecule has 2 saturated carbocycles. The molecule has 1 heteroatoms. The molecule has 0 heterocycles. The molecule has 2 aliphatic carbocycles. The van der Waals surface area contributed by atoms with Crippen LogP contribution in [0.2, 0.25) is 0 Å². The standard InChI is InChI=1S/C17H30O/c1-3-10-17(12-6-13-17)11-5-4-7-15-14(2)8-9-16(15)18/h14-15H,3-13H2,1-2H3/t14-,15?/m0/s1. The highest BCUT2D eigenvalue weighted by Gasteiger charge is 2.35. The molecular weight excluding hydrogens is 220 g/mol. The van der Waals surface area contributed by atoms with Crippen molar-refractivity contribution in [3.05, 3.63) is 0 Å². The highest BCUT2D eigenvalue weighted by molar-refractivity contribution is 5.83. The van der Waals surface area contributed by atoms with Gasteiger partial charge in [-0.1, -0.05) is 39.5 Å². The predicted octanol–water partition coefficient (Wildman–Crippen LogP) is 5.13. The van der Waals surface area contributed by atoms with Gasteiger partial charge in [-0.05, 0) is 49.9 Å². The average molecular weight is 250 g/mol. The predicted molar refractivity (Wildman–Crippen MR) is 76.6 cm³/mol. The molecule has 2 atom stereocenters. The van der Waals surface area contributed by atoms with E-state index >= 15 is 0 Å².